The lowest BCUT2D eigenvalue weighted by Gasteiger charge is -2.09. The Kier molecular flexibility index (Phi) is 41.2. The molecule has 0 saturated heterocycles. The molecule has 0 rings (SSSR count). The van der Waals surface area contributed by atoms with Gasteiger partial charge >= 0.3 is 11.9 Å². The van der Waals surface area contributed by atoms with Gasteiger partial charge in [-0.15, -0.1) is 0 Å². The van der Waals surface area contributed by atoms with Crippen molar-refractivity contribution in [2.24, 2.45) is 0 Å². The first-order valence-electron chi connectivity index (χ1n) is 16.8. The highest BCUT2D eigenvalue weighted by Crippen LogP contribution is 1.90. The largest absolute Gasteiger partial charge is 0.469 e. The van der Waals surface area contributed by atoms with Gasteiger partial charge in [0.05, 0.1) is 199 Å². The molecule has 0 aromatic carbocycles. The average Bonchev–Trinajstić information content (AvgIpc) is 3.11. The maximum Gasteiger partial charge on any atom is 0.307 e. The van der Waals surface area contributed by atoms with Gasteiger partial charge in [-0.3, -0.25) is 9.59 Å². The van der Waals surface area contributed by atoms with Crippen LogP contribution in [0.1, 0.15) is 12.8 Å². The maximum atomic E-state index is 10.9. The number of carbonyl (C=O) groups is 2. The lowest BCUT2D eigenvalue weighted by molar-refractivity contribution is -0.142. The van der Waals surface area contributed by atoms with Crippen molar-refractivity contribution in [3.05, 3.63) is 0 Å². The Morgan fingerprint density at radius 1 is 0.245 bits per heavy atom. The lowest BCUT2D eigenvalue weighted by Crippen LogP contribution is -2.15. The summed E-state index contributed by atoms with van der Waals surface area (Å²) in [6, 6.07) is 0. The van der Waals surface area contributed by atoms with E-state index in [1.807, 2.05) is 0 Å². The van der Waals surface area contributed by atoms with E-state index in [4.69, 9.17) is 61.6 Å². The van der Waals surface area contributed by atoms with E-state index >= 15 is 0 Å². The molecular formula is C32H62O17. The fourth-order valence-electron chi connectivity index (χ4n) is 3.26. The first kappa shape index (κ1) is 47.4. The monoisotopic (exact) mass is 718 g/mol. The van der Waals surface area contributed by atoms with E-state index in [0.29, 0.717) is 172 Å². The van der Waals surface area contributed by atoms with E-state index in [0.717, 1.165) is 0 Å². The van der Waals surface area contributed by atoms with Crippen LogP contribution in [0.15, 0.2) is 0 Å². The second-order valence-electron chi connectivity index (χ2n) is 9.61. The third kappa shape index (κ3) is 42.5. The molecule has 0 unspecified atom stereocenters. The van der Waals surface area contributed by atoms with Gasteiger partial charge in [0.25, 0.3) is 0 Å². The number of rotatable bonds is 42. The smallest absolute Gasteiger partial charge is 0.307 e. The summed E-state index contributed by atoms with van der Waals surface area (Å²) in [7, 11) is 2.70. The van der Waals surface area contributed by atoms with Crippen molar-refractivity contribution in [3.63, 3.8) is 0 Å². The number of methoxy groups -OCH3 is 2. The first-order chi connectivity index (χ1) is 24.2. The van der Waals surface area contributed by atoms with Crippen LogP contribution in [0.2, 0.25) is 0 Å². The Hall–Kier alpha value is -1.58. The molecule has 49 heavy (non-hydrogen) atoms. The van der Waals surface area contributed by atoms with Gasteiger partial charge in [-0.1, -0.05) is 0 Å². The summed E-state index contributed by atoms with van der Waals surface area (Å²) in [5.74, 6) is -0.579. The molecule has 0 atom stereocenters. The van der Waals surface area contributed by atoms with E-state index < -0.39 is 0 Å². The molecule has 17 nitrogen and oxygen atoms in total. The van der Waals surface area contributed by atoms with Crippen molar-refractivity contribution in [2.45, 2.75) is 12.8 Å². The minimum Gasteiger partial charge on any atom is -0.469 e. The quantitative estimate of drug-likeness (QED) is 0.0624. The number of hydrogen-bond donors (Lipinski definition) is 0. The number of esters is 2. The SMILES string of the molecule is COC(=O)CCOCCOCCOCCOCCOCCOCCOCCOCCOCCOCCOCCOCCOCCC(=O)OC. The average molecular weight is 719 g/mol. The van der Waals surface area contributed by atoms with Gasteiger partial charge in [0, 0.05) is 0 Å². The van der Waals surface area contributed by atoms with Crippen LogP contribution in [0.3, 0.4) is 0 Å². The van der Waals surface area contributed by atoms with Crippen LogP contribution in [0.5, 0.6) is 0 Å². The van der Waals surface area contributed by atoms with E-state index in [9.17, 15) is 9.59 Å². The highest BCUT2D eigenvalue weighted by atomic mass is 16.6. The summed E-state index contributed by atoms with van der Waals surface area (Å²) in [4.78, 5) is 21.8. The Labute approximate surface area is 291 Å². The van der Waals surface area contributed by atoms with Crippen LogP contribution in [0.25, 0.3) is 0 Å². The van der Waals surface area contributed by atoms with Gasteiger partial charge in [-0.05, 0) is 0 Å². The van der Waals surface area contributed by atoms with Crippen LogP contribution >= 0.6 is 0 Å². The van der Waals surface area contributed by atoms with E-state index in [-0.39, 0.29) is 24.8 Å². The van der Waals surface area contributed by atoms with Crippen LogP contribution in [0.4, 0.5) is 0 Å². The molecule has 0 amide bonds. The van der Waals surface area contributed by atoms with Crippen molar-refractivity contribution >= 4 is 11.9 Å². The molecule has 17 heteroatoms. The minimum atomic E-state index is -0.290. The van der Waals surface area contributed by atoms with Gasteiger partial charge in [0.2, 0.25) is 0 Å². The molecule has 0 aliphatic carbocycles. The van der Waals surface area contributed by atoms with Gasteiger partial charge < -0.3 is 71.1 Å². The predicted octanol–water partition coefficient (Wildman–Crippen LogP) is 0.328. The maximum absolute atomic E-state index is 10.9. The summed E-state index contributed by atoms with van der Waals surface area (Å²) < 4.78 is 79.4. The minimum absolute atomic E-state index is 0.240. The lowest BCUT2D eigenvalue weighted by atomic mass is 10.5. The third-order valence-corrected chi connectivity index (χ3v) is 5.82. The summed E-state index contributed by atoms with van der Waals surface area (Å²) in [6.45, 7) is 12.0. The fraction of sp³-hybridized carbons (Fsp3) is 0.938. The summed E-state index contributed by atoms with van der Waals surface area (Å²) in [6.07, 6.45) is 0.481. The van der Waals surface area contributed by atoms with Gasteiger partial charge in [-0.2, -0.15) is 0 Å². The Morgan fingerprint density at radius 2 is 0.367 bits per heavy atom. The highest BCUT2D eigenvalue weighted by Gasteiger charge is 2.01. The first-order valence-corrected chi connectivity index (χ1v) is 16.8. The van der Waals surface area contributed by atoms with Gasteiger partial charge in [-0.25, -0.2) is 0 Å². The number of carbonyl (C=O) groups excluding carboxylic acids is 2. The molecule has 292 valence electrons. The molecule has 0 radical (unpaired) electrons. The summed E-state index contributed by atoms with van der Waals surface area (Å²) in [5, 5.41) is 0. The Balaban J connectivity index is 3.07. The Morgan fingerprint density at radius 3 is 0.490 bits per heavy atom. The number of ether oxygens (including phenoxy) is 15. The van der Waals surface area contributed by atoms with Crippen molar-refractivity contribution in [1.29, 1.82) is 0 Å². The molecule has 0 aliphatic heterocycles. The van der Waals surface area contributed by atoms with Crippen LogP contribution in [0, 0.1) is 0 Å². The highest BCUT2D eigenvalue weighted by molar-refractivity contribution is 5.69. The standard InChI is InChI=1S/C32H62O17/c1-35-31(33)3-5-37-7-9-39-11-13-41-15-17-43-19-21-45-23-25-47-27-29-49-30-28-48-26-24-46-22-20-44-18-16-42-14-12-40-10-8-38-6-4-32(34)36-2/h3-30H2,1-2H3. The van der Waals surface area contributed by atoms with Crippen LogP contribution < -0.4 is 0 Å². The fourth-order valence-corrected chi connectivity index (χ4v) is 3.26. The van der Waals surface area contributed by atoms with E-state index in [1.54, 1.807) is 0 Å². The molecule has 0 spiro atoms. The molecular weight excluding hydrogens is 656 g/mol. The zero-order valence-electron chi connectivity index (χ0n) is 29.7. The molecule has 0 saturated carbocycles. The van der Waals surface area contributed by atoms with Crippen LogP contribution in [-0.2, 0) is 80.6 Å². The molecule has 0 fully saturated rings. The molecule has 0 N–H and O–H groups in total. The van der Waals surface area contributed by atoms with E-state index in [2.05, 4.69) is 9.47 Å². The predicted molar refractivity (Wildman–Crippen MR) is 174 cm³/mol. The number of hydrogen-bond acceptors (Lipinski definition) is 17. The van der Waals surface area contributed by atoms with Crippen LogP contribution in [-0.4, -0.2) is 198 Å². The molecule has 0 aromatic rings. The molecule has 0 aliphatic rings. The zero-order chi connectivity index (χ0) is 35.6. The summed E-state index contributed by atoms with van der Waals surface area (Å²) >= 11 is 0. The van der Waals surface area contributed by atoms with Crippen molar-refractivity contribution < 1.29 is 80.6 Å². The topological polar surface area (TPSA) is 173 Å². The third-order valence-electron chi connectivity index (χ3n) is 5.82. The van der Waals surface area contributed by atoms with Crippen molar-refractivity contribution in [2.75, 3.05) is 186 Å². The van der Waals surface area contributed by atoms with Gasteiger partial charge in [0.1, 0.15) is 0 Å². The van der Waals surface area contributed by atoms with Crippen molar-refractivity contribution in [1.82, 2.24) is 0 Å². The molecule has 0 bridgehead atoms. The Bertz CT molecular complexity index is 620. The van der Waals surface area contributed by atoms with Crippen molar-refractivity contribution in [3.8, 4) is 0 Å². The van der Waals surface area contributed by atoms with Gasteiger partial charge in [0.15, 0.2) is 0 Å². The normalized spacial score (nSPS) is 11.3. The summed E-state index contributed by atoms with van der Waals surface area (Å²) in [5.41, 5.74) is 0. The second kappa shape index (κ2) is 42.6. The molecule has 0 aromatic heterocycles. The second-order valence-corrected chi connectivity index (χ2v) is 9.61. The molecule has 0 heterocycles. The van der Waals surface area contributed by atoms with E-state index in [1.165, 1.54) is 14.2 Å². The zero-order valence-corrected chi connectivity index (χ0v) is 29.7.